The molecule has 1 aromatic rings. The van der Waals surface area contributed by atoms with E-state index in [0.29, 0.717) is 11.4 Å². The van der Waals surface area contributed by atoms with Crippen molar-refractivity contribution in [1.29, 1.82) is 0 Å². The third-order valence-electron chi connectivity index (χ3n) is 1.64. The van der Waals surface area contributed by atoms with Gasteiger partial charge in [0.1, 0.15) is 5.75 Å². The first-order chi connectivity index (χ1) is 6.67. The highest BCUT2D eigenvalue weighted by Gasteiger charge is 2.05. The maximum atomic E-state index is 11.1. The van der Waals surface area contributed by atoms with E-state index in [2.05, 4.69) is 26.6 Å². The highest BCUT2D eigenvalue weighted by Crippen LogP contribution is 2.27. The quantitative estimate of drug-likeness (QED) is 0.855. The van der Waals surface area contributed by atoms with Crippen molar-refractivity contribution < 1.29 is 9.53 Å². The summed E-state index contributed by atoms with van der Waals surface area (Å²) in [4.78, 5) is 11.1. The van der Waals surface area contributed by atoms with Gasteiger partial charge in [0, 0.05) is 11.5 Å². The van der Waals surface area contributed by atoms with E-state index < -0.39 is 0 Å². The number of anilines is 1. The molecular formula is C9H11BrN2O2. The predicted molar refractivity (Wildman–Crippen MR) is 58.8 cm³/mol. The third-order valence-corrected chi connectivity index (χ3v) is 2.13. The van der Waals surface area contributed by atoms with Crippen LogP contribution in [0.3, 0.4) is 0 Å². The molecule has 0 heterocycles. The van der Waals surface area contributed by atoms with Crippen LogP contribution in [0.5, 0.6) is 5.75 Å². The van der Waals surface area contributed by atoms with Crippen molar-refractivity contribution in [3.8, 4) is 5.75 Å². The van der Waals surface area contributed by atoms with Gasteiger partial charge in [-0.3, -0.25) is 0 Å². The number of halogens is 1. The zero-order valence-electron chi connectivity index (χ0n) is 7.93. The van der Waals surface area contributed by atoms with Gasteiger partial charge in [-0.05, 0) is 18.2 Å². The van der Waals surface area contributed by atoms with Crippen LogP contribution in [0, 0.1) is 0 Å². The Morgan fingerprint density at radius 3 is 2.79 bits per heavy atom. The minimum absolute atomic E-state index is 0.276. The van der Waals surface area contributed by atoms with E-state index >= 15 is 0 Å². The molecule has 0 saturated carbocycles. The number of nitrogens with one attached hydrogen (secondary N) is 2. The molecule has 0 aliphatic heterocycles. The molecule has 0 spiro atoms. The summed E-state index contributed by atoms with van der Waals surface area (Å²) < 4.78 is 5.96. The molecule has 0 radical (unpaired) electrons. The van der Waals surface area contributed by atoms with Gasteiger partial charge in [0.25, 0.3) is 0 Å². The predicted octanol–water partition coefficient (Wildman–Crippen LogP) is 2.21. The van der Waals surface area contributed by atoms with Crippen LogP contribution in [0.15, 0.2) is 22.7 Å². The van der Waals surface area contributed by atoms with E-state index in [1.165, 1.54) is 0 Å². The van der Waals surface area contributed by atoms with E-state index in [1.54, 1.807) is 26.3 Å². The Hall–Kier alpha value is -1.23. The average Bonchev–Trinajstić information content (AvgIpc) is 2.18. The Labute approximate surface area is 90.8 Å². The molecule has 0 unspecified atom stereocenters. The second kappa shape index (κ2) is 4.85. The Kier molecular flexibility index (Phi) is 3.76. The molecule has 0 aliphatic carbocycles. The van der Waals surface area contributed by atoms with Crippen LogP contribution in [0.1, 0.15) is 0 Å². The molecule has 0 aliphatic rings. The molecule has 0 bridgehead atoms. The van der Waals surface area contributed by atoms with Crippen LogP contribution in [-0.2, 0) is 0 Å². The molecule has 4 nitrogen and oxygen atoms in total. The van der Waals surface area contributed by atoms with Crippen molar-refractivity contribution in [1.82, 2.24) is 5.32 Å². The highest BCUT2D eigenvalue weighted by atomic mass is 79.9. The molecule has 76 valence electrons. The number of rotatable bonds is 2. The lowest BCUT2D eigenvalue weighted by molar-refractivity contribution is 0.254. The number of ether oxygens (including phenoxy) is 1. The number of hydrogen-bond donors (Lipinski definition) is 2. The summed E-state index contributed by atoms with van der Waals surface area (Å²) in [7, 11) is 3.11. The summed E-state index contributed by atoms with van der Waals surface area (Å²) in [6, 6.07) is 5.11. The maximum absolute atomic E-state index is 11.1. The standard InChI is InChI=1S/C9H11BrN2O2/c1-11-9(13)12-7-5-6(10)3-4-8(7)14-2/h3-5H,1-2H3,(H2,11,12,13). The summed E-state index contributed by atoms with van der Waals surface area (Å²) in [6.45, 7) is 0. The molecule has 1 aromatic carbocycles. The Morgan fingerprint density at radius 2 is 2.21 bits per heavy atom. The molecule has 2 amide bonds. The number of amides is 2. The van der Waals surface area contributed by atoms with Crippen molar-refractivity contribution in [2.24, 2.45) is 0 Å². The lowest BCUT2D eigenvalue weighted by atomic mass is 10.3. The van der Waals surface area contributed by atoms with Crippen LogP contribution < -0.4 is 15.4 Å². The van der Waals surface area contributed by atoms with Crippen LogP contribution in [0.4, 0.5) is 10.5 Å². The van der Waals surface area contributed by atoms with Gasteiger partial charge < -0.3 is 15.4 Å². The number of methoxy groups -OCH3 is 1. The van der Waals surface area contributed by atoms with Gasteiger partial charge in [-0.15, -0.1) is 0 Å². The van der Waals surface area contributed by atoms with Crippen molar-refractivity contribution in [3.05, 3.63) is 22.7 Å². The fourth-order valence-corrected chi connectivity index (χ4v) is 1.32. The molecule has 0 atom stereocenters. The number of carbonyl (C=O) groups excluding carboxylic acids is 1. The summed E-state index contributed by atoms with van der Waals surface area (Å²) in [5, 5.41) is 5.11. The van der Waals surface area contributed by atoms with Gasteiger partial charge in [0.05, 0.1) is 12.8 Å². The van der Waals surface area contributed by atoms with Crippen LogP contribution in [-0.4, -0.2) is 20.2 Å². The van der Waals surface area contributed by atoms with Crippen molar-refractivity contribution in [3.63, 3.8) is 0 Å². The summed E-state index contributed by atoms with van der Waals surface area (Å²) in [5.74, 6) is 0.622. The molecule has 5 heteroatoms. The zero-order valence-corrected chi connectivity index (χ0v) is 9.51. The Morgan fingerprint density at radius 1 is 1.50 bits per heavy atom. The van der Waals surface area contributed by atoms with E-state index in [4.69, 9.17) is 4.74 Å². The van der Waals surface area contributed by atoms with E-state index in [-0.39, 0.29) is 6.03 Å². The van der Waals surface area contributed by atoms with E-state index in [0.717, 1.165) is 4.47 Å². The fourth-order valence-electron chi connectivity index (χ4n) is 0.963. The molecular weight excluding hydrogens is 248 g/mol. The summed E-state index contributed by atoms with van der Waals surface area (Å²) in [6.07, 6.45) is 0. The first-order valence-electron chi connectivity index (χ1n) is 3.99. The number of urea groups is 1. The van der Waals surface area contributed by atoms with E-state index in [9.17, 15) is 4.79 Å². The van der Waals surface area contributed by atoms with Crippen molar-refractivity contribution in [2.75, 3.05) is 19.5 Å². The molecule has 14 heavy (non-hydrogen) atoms. The molecule has 0 fully saturated rings. The van der Waals surface area contributed by atoms with Gasteiger partial charge in [-0.2, -0.15) is 0 Å². The fraction of sp³-hybridized carbons (Fsp3) is 0.222. The van der Waals surface area contributed by atoms with Gasteiger partial charge in [-0.1, -0.05) is 15.9 Å². The summed E-state index contributed by atoms with van der Waals surface area (Å²) in [5.41, 5.74) is 0.626. The summed E-state index contributed by atoms with van der Waals surface area (Å²) >= 11 is 3.31. The van der Waals surface area contributed by atoms with Gasteiger partial charge in [0.15, 0.2) is 0 Å². The lowest BCUT2D eigenvalue weighted by Crippen LogP contribution is -2.24. The largest absolute Gasteiger partial charge is 0.495 e. The second-order valence-electron chi connectivity index (χ2n) is 2.55. The average molecular weight is 259 g/mol. The Balaban J connectivity index is 2.93. The first-order valence-corrected chi connectivity index (χ1v) is 4.79. The number of carbonyl (C=O) groups is 1. The lowest BCUT2D eigenvalue weighted by Gasteiger charge is -2.09. The highest BCUT2D eigenvalue weighted by molar-refractivity contribution is 9.10. The second-order valence-corrected chi connectivity index (χ2v) is 3.46. The normalized spacial score (nSPS) is 9.36. The molecule has 0 aromatic heterocycles. The van der Waals surface area contributed by atoms with Crippen molar-refractivity contribution >= 4 is 27.6 Å². The van der Waals surface area contributed by atoms with Gasteiger partial charge >= 0.3 is 6.03 Å². The zero-order chi connectivity index (χ0) is 10.6. The van der Waals surface area contributed by atoms with Gasteiger partial charge in [0.2, 0.25) is 0 Å². The topological polar surface area (TPSA) is 50.4 Å². The SMILES string of the molecule is CNC(=O)Nc1cc(Br)ccc1OC. The van der Waals surface area contributed by atoms with Crippen molar-refractivity contribution in [2.45, 2.75) is 0 Å². The van der Waals surface area contributed by atoms with E-state index in [1.807, 2.05) is 6.07 Å². The minimum Gasteiger partial charge on any atom is -0.495 e. The monoisotopic (exact) mass is 258 g/mol. The van der Waals surface area contributed by atoms with Crippen LogP contribution >= 0.6 is 15.9 Å². The Bertz CT molecular complexity index is 342. The maximum Gasteiger partial charge on any atom is 0.319 e. The minimum atomic E-state index is -0.276. The molecule has 2 N–H and O–H groups in total. The third kappa shape index (κ3) is 2.63. The smallest absolute Gasteiger partial charge is 0.319 e. The first kappa shape index (κ1) is 10.8. The molecule has 1 rings (SSSR count). The number of hydrogen-bond acceptors (Lipinski definition) is 2. The number of benzene rings is 1. The molecule has 0 saturated heterocycles. The van der Waals surface area contributed by atoms with Crippen LogP contribution in [0.2, 0.25) is 0 Å². The van der Waals surface area contributed by atoms with Crippen LogP contribution in [0.25, 0.3) is 0 Å². The van der Waals surface area contributed by atoms with Gasteiger partial charge in [-0.25, -0.2) is 4.79 Å².